The Bertz CT molecular complexity index is 963. The average Bonchev–Trinajstić information content (AvgIpc) is 2.89. The van der Waals surface area contributed by atoms with Gasteiger partial charge in [-0.1, -0.05) is 19.1 Å². The van der Waals surface area contributed by atoms with Crippen LogP contribution >= 0.6 is 0 Å². The molecule has 1 atom stereocenters. The van der Waals surface area contributed by atoms with Crippen molar-refractivity contribution in [3.63, 3.8) is 0 Å². The van der Waals surface area contributed by atoms with Crippen LogP contribution in [0.1, 0.15) is 41.3 Å². The molecule has 0 saturated carbocycles. The molecule has 2 aromatic rings. The van der Waals surface area contributed by atoms with E-state index in [4.69, 9.17) is 4.74 Å². The number of ether oxygens (including phenoxy) is 1. The van der Waals surface area contributed by atoms with Crippen LogP contribution in [0.4, 0.5) is 11.4 Å². The van der Waals surface area contributed by atoms with Crippen LogP contribution in [-0.4, -0.2) is 75.9 Å². The molecular weight excluding hydrogens is 424 g/mol. The van der Waals surface area contributed by atoms with Crippen LogP contribution in [0.5, 0.6) is 0 Å². The fourth-order valence-corrected chi connectivity index (χ4v) is 5.63. The summed E-state index contributed by atoms with van der Waals surface area (Å²) in [5.41, 5.74) is 6.17. The van der Waals surface area contributed by atoms with Crippen molar-refractivity contribution in [2.45, 2.75) is 38.6 Å². The third kappa shape index (κ3) is 5.23. The fourth-order valence-electron chi connectivity index (χ4n) is 5.63. The minimum Gasteiger partial charge on any atom is -0.378 e. The number of carbonyl (C=O) groups excluding carboxylic acids is 1. The van der Waals surface area contributed by atoms with Gasteiger partial charge in [0, 0.05) is 62.2 Å². The van der Waals surface area contributed by atoms with Gasteiger partial charge in [0.05, 0.1) is 13.2 Å². The van der Waals surface area contributed by atoms with E-state index in [0.29, 0.717) is 0 Å². The van der Waals surface area contributed by atoms with Crippen molar-refractivity contribution in [2.24, 2.45) is 0 Å². The molecule has 0 aromatic heterocycles. The molecule has 1 N–H and O–H groups in total. The zero-order valence-electron chi connectivity index (χ0n) is 20.5. The second-order valence-corrected chi connectivity index (χ2v) is 9.80. The summed E-state index contributed by atoms with van der Waals surface area (Å²) in [6.07, 6.45) is 4.16. The summed E-state index contributed by atoms with van der Waals surface area (Å²) >= 11 is 0. The first-order valence-corrected chi connectivity index (χ1v) is 13.0. The molecule has 1 amide bonds. The summed E-state index contributed by atoms with van der Waals surface area (Å²) in [6.45, 7) is 11.2. The number of nitrogens with one attached hydrogen (secondary N) is 1. The molecule has 0 spiro atoms. The molecule has 2 saturated heterocycles. The van der Waals surface area contributed by atoms with E-state index < -0.39 is 0 Å². The van der Waals surface area contributed by atoms with Crippen LogP contribution in [0.2, 0.25) is 0 Å². The summed E-state index contributed by atoms with van der Waals surface area (Å²) in [6, 6.07) is 15.0. The minimum atomic E-state index is 0.0349. The zero-order valence-corrected chi connectivity index (χ0v) is 20.5. The van der Waals surface area contributed by atoms with Gasteiger partial charge in [0.1, 0.15) is 0 Å². The van der Waals surface area contributed by atoms with Gasteiger partial charge in [-0.25, -0.2) is 0 Å². The van der Waals surface area contributed by atoms with Crippen molar-refractivity contribution in [3.05, 3.63) is 59.2 Å². The Kier molecular flexibility index (Phi) is 7.36. The van der Waals surface area contributed by atoms with Gasteiger partial charge in [-0.2, -0.15) is 0 Å². The Morgan fingerprint density at radius 2 is 1.74 bits per heavy atom. The highest BCUT2D eigenvalue weighted by molar-refractivity contribution is 5.94. The van der Waals surface area contributed by atoms with Gasteiger partial charge in [0.15, 0.2) is 0 Å². The third-order valence-corrected chi connectivity index (χ3v) is 7.55. The van der Waals surface area contributed by atoms with Crippen LogP contribution in [0.25, 0.3) is 0 Å². The molecular formula is C28H38N4O2. The predicted octanol–water partition coefficient (Wildman–Crippen LogP) is 3.34. The molecule has 6 nitrogen and oxygen atoms in total. The molecule has 0 bridgehead atoms. The Labute approximate surface area is 203 Å². The van der Waals surface area contributed by atoms with Gasteiger partial charge in [-0.05, 0) is 73.7 Å². The van der Waals surface area contributed by atoms with Gasteiger partial charge >= 0.3 is 0 Å². The number of morpholine rings is 1. The molecule has 5 rings (SSSR count). The van der Waals surface area contributed by atoms with E-state index in [9.17, 15) is 4.79 Å². The molecule has 34 heavy (non-hydrogen) atoms. The second-order valence-electron chi connectivity index (χ2n) is 9.80. The first-order valence-electron chi connectivity index (χ1n) is 13.0. The molecule has 2 fully saturated rings. The summed E-state index contributed by atoms with van der Waals surface area (Å²) < 4.78 is 5.44. The highest BCUT2D eigenvalue weighted by Crippen LogP contribution is 2.31. The normalized spacial score (nSPS) is 21.3. The van der Waals surface area contributed by atoms with Crippen LogP contribution < -0.4 is 15.1 Å². The monoisotopic (exact) mass is 462 g/mol. The number of rotatable bonds is 6. The summed E-state index contributed by atoms with van der Waals surface area (Å²) in [7, 11) is 0. The quantitative estimate of drug-likeness (QED) is 0.714. The number of aryl methyl sites for hydroxylation is 1. The number of hydrogen-bond donors (Lipinski definition) is 1. The van der Waals surface area contributed by atoms with Gasteiger partial charge < -0.3 is 19.9 Å². The fraction of sp³-hybridized carbons (Fsp3) is 0.536. The number of benzene rings is 2. The maximum atomic E-state index is 13.0. The molecule has 3 aliphatic rings. The second kappa shape index (κ2) is 10.8. The van der Waals surface area contributed by atoms with Crippen LogP contribution in [0.3, 0.4) is 0 Å². The lowest BCUT2D eigenvalue weighted by molar-refractivity contribution is 0.0933. The standard InChI is InChI=1S/C28H38N4O2/c1-2-12-30-13-15-32(16-14-30)27-5-3-4-22-6-9-24(21-26(22)27)29-28(33)23-7-10-25(11-8-23)31-17-19-34-20-18-31/h3-5,7-8,10-11,24H,2,6,9,12-21H2,1H3,(H,29,33). The lowest BCUT2D eigenvalue weighted by atomic mass is 9.86. The van der Waals surface area contributed by atoms with Gasteiger partial charge in [0.2, 0.25) is 0 Å². The number of amides is 1. The average molecular weight is 463 g/mol. The highest BCUT2D eigenvalue weighted by atomic mass is 16.5. The van der Waals surface area contributed by atoms with Crippen molar-refractivity contribution in [3.8, 4) is 0 Å². The topological polar surface area (TPSA) is 48.0 Å². The number of anilines is 2. The van der Waals surface area contributed by atoms with E-state index in [1.54, 1.807) is 0 Å². The van der Waals surface area contributed by atoms with Crippen molar-refractivity contribution < 1.29 is 9.53 Å². The number of carbonyl (C=O) groups is 1. The SMILES string of the molecule is CCCN1CCN(c2cccc3c2CC(NC(=O)c2ccc(N4CCOCC4)cc2)CC3)CC1. The molecule has 2 heterocycles. The van der Waals surface area contributed by atoms with Gasteiger partial charge in [-0.3, -0.25) is 9.69 Å². The Morgan fingerprint density at radius 3 is 2.47 bits per heavy atom. The van der Waals surface area contributed by atoms with E-state index in [2.05, 4.69) is 57.3 Å². The maximum absolute atomic E-state index is 13.0. The number of piperazine rings is 1. The van der Waals surface area contributed by atoms with Crippen LogP contribution in [0.15, 0.2) is 42.5 Å². The summed E-state index contributed by atoms with van der Waals surface area (Å²) in [5, 5.41) is 3.33. The van der Waals surface area contributed by atoms with E-state index in [0.717, 1.165) is 83.0 Å². The van der Waals surface area contributed by atoms with Crippen molar-refractivity contribution >= 4 is 17.3 Å². The Balaban J connectivity index is 1.22. The summed E-state index contributed by atoms with van der Waals surface area (Å²) in [4.78, 5) is 20.5. The zero-order chi connectivity index (χ0) is 23.3. The Hall–Kier alpha value is -2.57. The molecule has 6 heteroatoms. The molecule has 182 valence electrons. The van der Waals surface area contributed by atoms with Crippen molar-refractivity contribution in [1.29, 1.82) is 0 Å². The number of hydrogen-bond acceptors (Lipinski definition) is 5. The van der Waals surface area contributed by atoms with E-state index in [-0.39, 0.29) is 11.9 Å². The molecule has 2 aromatic carbocycles. The largest absolute Gasteiger partial charge is 0.378 e. The first-order chi connectivity index (χ1) is 16.7. The molecule has 1 unspecified atom stereocenters. The Morgan fingerprint density at radius 1 is 0.971 bits per heavy atom. The van der Waals surface area contributed by atoms with Gasteiger partial charge in [0.25, 0.3) is 5.91 Å². The van der Waals surface area contributed by atoms with Crippen LogP contribution in [0, 0.1) is 0 Å². The van der Waals surface area contributed by atoms with E-state index in [1.807, 2.05) is 12.1 Å². The minimum absolute atomic E-state index is 0.0349. The van der Waals surface area contributed by atoms with Gasteiger partial charge in [-0.15, -0.1) is 0 Å². The third-order valence-electron chi connectivity index (χ3n) is 7.55. The van der Waals surface area contributed by atoms with E-state index >= 15 is 0 Å². The smallest absolute Gasteiger partial charge is 0.251 e. The lowest BCUT2D eigenvalue weighted by Crippen LogP contribution is -2.47. The summed E-state index contributed by atoms with van der Waals surface area (Å²) in [5.74, 6) is 0.0349. The first kappa shape index (κ1) is 23.2. The lowest BCUT2D eigenvalue weighted by Gasteiger charge is -2.38. The molecule has 1 aliphatic carbocycles. The number of fused-ring (bicyclic) bond motifs is 1. The molecule has 2 aliphatic heterocycles. The maximum Gasteiger partial charge on any atom is 0.251 e. The highest BCUT2D eigenvalue weighted by Gasteiger charge is 2.26. The molecule has 0 radical (unpaired) electrons. The number of nitrogens with zero attached hydrogens (tertiary/aromatic N) is 3. The van der Waals surface area contributed by atoms with E-state index in [1.165, 1.54) is 29.8 Å². The van der Waals surface area contributed by atoms with Crippen molar-refractivity contribution in [1.82, 2.24) is 10.2 Å². The van der Waals surface area contributed by atoms with Crippen molar-refractivity contribution in [2.75, 3.05) is 68.8 Å². The van der Waals surface area contributed by atoms with Crippen LogP contribution in [-0.2, 0) is 17.6 Å². The predicted molar refractivity (Wildman–Crippen MR) is 138 cm³/mol.